The molecule has 242 valence electrons. The summed E-state index contributed by atoms with van der Waals surface area (Å²) in [4.78, 5) is 55.4. The van der Waals surface area contributed by atoms with Gasteiger partial charge in [-0.15, -0.1) is 24.5 Å². The van der Waals surface area contributed by atoms with E-state index in [4.69, 9.17) is 26.5 Å². The van der Waals surface area contributed by atoms with Crippen molar-refractivity contribution in [2.45, 2.75) is 52.7 Å². The summed E-state index contributed by atoms with van der Waals surface area (Å²) >= 11 is 7.05. The number of benzene rings is 1. The van der Waals surface area contributed by atoms with E-state index < -0.39 is 48.0 Å². The topological polar surface area (TPSA) is 153 Å². The van der Waals surface area contributed by atoms with Crippen molar-refractivity contribution in [1.82, 2.24) is 13.7 Å². The van der Waals surface area contributed by atoms with Crippen LogP contribution in [0.3, 0.4) is 0 Å². The van der Waals surface area contributed by atoms with Crippen LogP contribution in [-0.2, 0) is 41.6 Å². The minimum atomic E-state index is -4.96. The number of thiazole rings is 1. The number of alkyl halides is 3. The molecular formula is C28H29ClF3N5O7S. The first kappa shape index (κ1) is 33.7. The number of aromatic nitrogens is 3. The Hall–Kier alpha value is -4.15. The van der Waals surface area contributed by atoms with E-state index in [1.165, 1.54) is 30.8 Å². The Balaban J connectivity index is 1.76. The number of fused-ring (bicyclic) bond motifs is 1. The van der Waals surface area contributed by atoms with Gasteiger partial charge in [-0.3, -0.25) is 28.1 Å². The first-order chi connectivity index (χ1) is 21.0. The number of halogens is 4. The molecule has 2 N–H and O–H groups in total. The number of aryl methyl sites for hydroxylation is 2. The van der Waals surface area contributed by atoms with Crippen LogP contribution in [0, 0.1) is 12.8 Å². The Morgan fingerprint density at radius 2 is 1.89 bits per heavy atom. The maximum absolute atomic E-state index is 13.3. The molecule has 0 bridgehead atoms. The van der Waals surface area contributed by atoms with Crippen LogP contribution in [0.1, 0.15) is 31.6 Å². The number of hydrogen-bond donors (Lipinski definition) is 1. The standard InChI is InChI=1S/C28H29ClF3N5O7S/c1-6-13(2)22(33)25(40)42-12-37-18(15-7-8-19(17(29)9-15)44-28(30,31)32)11-45-26(37)34-20(38)10-16-14(3)43-24-21(16)23(39)35(4)27(41)36(24)5/h7-9,11,13,22H,6,10,12,33H2,1-5H3/t13-,22-/m0/s1. The Morgan fingerprint density at radius 1 is 1.20 bits per heavy atom. The second-order valence-electron chi connectivity index (χ2n) is 10.2. The van der Waals surface area contributed by atoms with Crippen LogP contribution in [0.15, 0.2) is 42.6 Å². The zero-order chi connectivity index (χ0) is 33.4. The number of rotatable bonds is 9. The molecule has 3 aromatic heterocycles. The largest absolute Gasteiger partial charge is 0.573 e. The Labute approximate surface area is 262 Å². The van der Waals surface area contributed by atoms with Crippen molar-refractivity contribution in [1.29, 1.82) is 0 Å². The molecule has 12 nitrogen and oxygen atoms in total. The first-order valence-electron chi connectivity index (χ1n) is 13.5. The van der Waals surface area contributed by atoms with E-state index in [2.05, 4.69) is 9.73 Å². The van der Waals surface area contributed by atoms with Gasteiger partial charge in [-0.1, -0.05) is 31.9 Å². The maximum Gasteiger partial charge on any atom is 0.573 e. The molecule has 0 aliphatic heterocycles. The van der Waals surface area contributed by atoms with E-state index in [-0.39, 0.29) is 44.6 Å². The molecule has 0 spiro atoms. The molecule has 0 radical (unpaired) electrons. The highest BCUT2D eigenvalue weighted by Gasteiger charge is 2.32. The first-order valence-corrected chi connectivity index (χ1v) is 14.7. The second-order valence-corrected chi connectivity index (χ2v) is 11.5. The SMILES string of the molecule is CC[C@H](C)[C@H](N)C(=O)OCn1c(-c2ccc(OC(F)(F)F)c(Cl)c2)csc1=NC(=O)Cc1c(C)oc2c1c(=O)n(C)c(=O)n2C. The van der Waals surface area contributed by atoms with E-state index >= 15 is 0 Å². The average Bonchev–Trinajstić information content (AvgIpc) is 3.53. The van der Waals surface area contributed by atoms with Crippen LogP contribution in [0.2, 0.25) is 5.02 Å². The van der Waals surface area contributed by atoms with Gasteiger partial charge < -0.3 is 19.6 Å². The molecule has 2 atom stereocenters. The van der Waals surface area contributed by atoms with Crippen molar-refractivity contribution in [3.05, 3.63) is 65.6 Å². The molecule has 0 fully saturated rings. The number of hydrogen-bond acceptors (Lipinski definition) is 9. The molecular weight excluding hydrogens is 643 g/mol. The number of amides is 1. The van der Waals surface area contributed by atoms with Gasteiger partial charge >= 0.3 is 18.0 Å². The third-order valence-corrected chi connectivity index (χ3v) is 8.41. The second kappa shape index (κ2) is 13.1. The summed E-state index contributed by atoms with van der Waals surface area (Å²) in [5, 5.41) is 1.27. The lowest BCUT2D eigenvalue weighted by molar-refractivity contribution is -0.274. The van der Waals surface area contributed by atoms with E-state index in [0.29, 0.717) is 17.7 Å². The molecule has 1 aromatic carbocycles. The lowest BCUT2D eigenvalue weighted by atomic mass is 10.0. The highest BCUT2D eigenvalue weighted by Crippen LogP contribution is 2.34. The van der Waals surface area contributed by atoms with Crippen molar-refractivity contribution < 1.29 is 36.7 Å². The molecule has 4 aromatic rings. The maximum atomic E-state index is 13.3. The number of esters is 1. The predicted molar refractivity (Wildman–Crippen MR) is 159 cm³/mol. The van der Waals surface area contributed by atoms with Crippen LogP contribution in [0.5, 0.6) is 5.75 Å². The van der Waals surface area contributed by atoms with Gasteiger partial charge in [0.2, 0.25) is 5.71 Å². The van der Waals surface area contributed by atoms with Gasteiger partial charge in [-0.2, -0.15) is 4.99 Å². The minimum Gasteiger partial charge on any atom is -0.444 e. The Kier molecular flexibility index (Phi) is 9.80. The summed E-state index contributed by atoms with van der Waals surface area (Å²) in [7, 11) is 2.74. The third kappa shape index (κ3) is 7.07. The molecule has 0 saturated carbocycles. The minimum absolute atomic E-state index is 0.0104. The molecule has 4 rings (SSSR count). The summed E-state index contributed by atoms with van der Waals surface area (Å²) in [5.41, 5.74) is 5.64. The smallest absolute Gasteiger partial charge is 0.444 e. The quantitative estimate of drug-likeness (QED) is 0.264. The zero-order valence-electron chi connectivity index (χ0n) is 24.7. The molecule has 0 aliphatic carbocycles. The van der Waals surface area contributed by atoms with Crippen LogP contribution in [0.25, 0.3) is 22.4 Å². The summed E-state index contributed by atoms with van der Waals surface area (Å²) in [6.45, 7) is 4.75. The van der Waals surface area contributed by atoms with Crippen molar-refractivity contribution in [2.24, 2.45) is 30.7 Å². The molecule has 3 heterocycles. The van der Waals surface area contributed by atoms with Gasteiger partial charge in [0, 0.05) is 30.6 Å². The average molecular weight is 672 g/mol. The van der Waals surface area contributed by atoms with E-state index in [1.807, 2.05) is 6.92 Å². The summed E-state index contributed by atoms with van der Waals surface area (Å²) in [5.74, 6) is -1.97. The van der Waals surface area contributed by atoms with Gasteiger partial charge in [0.15, 0.2) is 11.5 Å². The monoisotopic (exact) mass is 671 g/mol. The fraction of sp³-hybridized carbons (Fsp3) is 0.393. The van der Waals surface area contributed by atoms with Crippen LogP contribution in [-0.4, -0.2) is 38.0 Å². The fourth-order valence-electron chi connectivity index (χ4n) is 4.45. The van der Waals surface area contributed by atoms with E-state index in [9.17, 15) is 32.3 Å². The van der Waals surface area contributed by atoms with Gasteiger partial charge in [0.05, 0.1) is 17.1 Å². The highest BCUT2D eigenvalue weighted by atomic mass is 35.5. The number of ether oxygens (including phenoxy) is 2. The molecule has 0 saturated heterocycles. The number of furan rings is 1. The molecule has 17 heteroatoms. The predicted octanol–water partition coefficient (Wildman–Crippen LogP) is 3.76. The Bertz CT molecular complexity index is 1970. The summed E-state index contributed by atoms with van der Waals surface area (Å²) in [6, 6.07) is 2.63. The molecule has 0 unspecified atom stereocenters. The van der Waals surface area contributed by atoms with Crippen LogP contribution in [0.4, 0.5) is 13.2 Å². The van der Waals surface area contributed by atoms with Gasteiger partial charge in [-0.25, -0.2) is 4.79 Å². The highest BCUT2D eigenvalue weighted by molar-refractivity contribution is 7.07. The molecule has 0 aliphatic rings. The number of nitrogens with zero attached hydrogens (tertiary/aromatic N) is 4. The van der Waals surface area contributed by atoms with Crippen molar-refractivity contribution in [3.63, 3.8) is 0 Å². The summed E-state index contributed by atoms with van der Waals surface area (Å²) < 4.78 is 56.7. The molecule has 1 amide bonds. The number of nitrogens with two attached hydrogens (primary N) is 1. The number of carbonyl (C=O) groups is 2. The number of carbonyl (C=O) groups excluding carboxylic acids is 2. The van der Waals surface area contributed by atoms with Crippen molar-refractivity contribution in [3.8, 4) is 17.0 Å². The van der Waals surface area contributed by atoms with Gasteiger partial charge in [0.1, 0.15) is 22.9 Å². The van der Waals surface area contributed by atoms with Crippen molar-refractivity contribution >= 4 is 45.9 Å². The normalized spacial score (nSPS) is 13.7. The van der Waals surface area contributed by atoms with E-state index in [0.717, 1.165) is 26.5 Å². The third-order valence-electron chi connectivity index (χ3n) is 7.25. The van der Waals surface area contributed by atoms with Crippen LogP contribution >= 0.6 is 22.9 Å². The summed E-state index contributed by atoms with van der Waals surface area (Å²) in [6.07, 6.45) is -4.71. The van der Waals surface area contributed by atoms with Crippen molar-refractivity contribution in [2.75, 3.05) is 0 Å². The van der Waals surface area contributed by atoms with E-state index in [1.54, 1.807) is 19.2 Å². The lowest BCUT2D eigenvalue weighted by Gasteiger charge is -2.18. The van der Waals surface area contributed by atoms with Crippen LogP contribution < -0.4 is 26.5 Å². The molecule has 45 heavy (non-hydrogen) atoms. The van der Waals surface area contributed by atoms with Gasteiger partial charge in [-0.05, 0) is 31.0 Å². The fourth-order valence-corrected chi connectivity index (χ4v) is 5.58. The lowest BCUT2D eigenvalue weighted by Crippen LogP contribution is -2.38. The van der Waals surface area contributed by atoms with Gasteiger partial charge in [0.25, 0.3) is 11.5 Å². The Morgan fingerprint density at radius 3 is 2.51 bits per heavy atom. The zero-order valence-corrected chi connectivity index (χ0v) is 26.3.